The van der Waals surface area contributed by atoms with Crippen molar-refractivity contribution < 1.29 is 10.2 Å². The van der Waals surface area contributed by atoms with E-state index in [0.717, 1.165) is 37.3 Å². The Morgan fingerprint density at radius 1 is 1.41 bits per heavy atom. The van der Waals surface area contributed by atoms with Gasteiger partial charge >= 0.3 is 0 Å². The second-order valence-corrected chi connectivity index (χ2v) is 5.08. The van der Waals surface area contributed by atoms with Gasteiger partial charge in [-0.25, -0.2) is 4.98 Å². The summed E-state index contributed by atoms with van der Waals surface area (Å²) >= 11 is 0. The lowest BCUT2D eigenvalue weighted by Gasteiger charge is -2.37. The molecule has 1 aliphatic heterocycles. The van der Waals surface area contributed by atoms with Gasteiger partial charge in [-0.15, -0.1) is 0 Å². The normalized spacial score (nSPS) is 21.3. The van der Waals surface area contributed by atoms with Gasteiger partial charge in [-0.1, -0.05) is 6.07 Å². The van der Waals surface area contributed by atoms with Crippen molar-refractivity contribution >= 4 is 5.82 Å². The van der Waals surface area contributed by atoms with Crippen LogP contribution in [0.15, 0.2) is 18.3 Å². The van der Waals surface area contributed by atoms with Gasteiger partial charge in [0.2, 0.25) is 0 Å². The quantitative estimate of drug-likeness (QED) is 0.816. The van der Waals surface area contributed by atoms with Crippen molar-refractivity contribution in [1.82, 2.24) is 4.98 Å². The van der Waals surface area contributed by atoms with Crippen molar-refractivity contribution in [3.8, 4) is 0 Å². The molecule has 1 saturated heterocycles. The van der Waals surface area contributed by atoms with Crippen LogP contribution in [0.5, 0.6) is 0 Å². The molecule has 94 valence electrons. The summed E-state index contributed by atoms with van der Waals surface area (Å²) in [6.07, 6.45) is 2.71. The summed E-state index contributed by atoms with van der Waals surface area (Å²) in [5.74, 6) is 0.845. The summed E-state index contributed by atoms with van der Waals surface area (Å²) < 4.78 is 0. The van der Waals surface area contributed by atoms with Crippen molar-refractivity contribution in [2.24, 2.45) is 0 Å². The van der Waals surface area contributed by atoms with Gasteiger partial charge in [0.05, 0.1) is 11.7 Å². The van der Waals surface area contributed by atoms with Crippen LogP contribution in [0, 0.1) is 0 Å². The number of hydrogen-bond acceptors (Lipinski definition) is 4. The van der Waals surface area contributed by atoms with E-state index in [2.05, 4.69) is 9.88 Å². The Hall–Kier alpha value is -1.13. The van der Waals surface area contributed by atoms with Gasteiger partial charge in [0.15, 0.2) is 0 Å². The molecular weight excluding hydrogens is 216 g/mol. The van der Waals surface area contributed by atoms with E-state index >= 15 is 0 Å². The molecule has 4 nitrogen and oxygen atoms in total. The lowest BCUT2D eigenvalue weighted by molar-refractivity contribution is 0.0349. The number of aromatic nitrogens is 1. The average molecular weight is 236 g/mol. The molecule has 1 aromatic heterocycles. The third-order valence-corrected chi connectivity index (χ3v) is 3.41. The van der Waals surface area contributed by atoms with Gasteiger partial charge in [-0.3, -0.25) is 0 Å². The fourth-order valence-corrected chi connectivity index (χ4v) is 2.20. The summed E-state index contributed by atoms with van der Waals surface area (Å²) in [4.78, 5) is 6.49. The van der Waals surface area contributed by atoms with E-state index in [9.17, 15) is 10.2 Å². The molecule has 1 atom stereocenters. The summed E-state index contributed by atoms with van der Waals surface area (Å²) in [5.41, 5.74) is 0.296. The van der Waals surface area contributed by atoms with Crippen LogP contribution in [0.1, 0.15) is 38.4 Å². The first-order chi connectivity index (χ1) is 7.99. The number of anilines is 1. The molecule has 0 amide bonds. The third-order valence-electron chi connectivity index (χ3n) is 3.41. The Labute approximate surface area is 102 Å². The van der Waals surface area contributed by atoms with Gasteiger partial charge in [0, 0.05) is 24.8 Å². The minimum absolute atomic E-state index is 0.513. The van der Waals surface area contributed by atoms with E-state index in [1.807, 2.05) is 19.1 Å². The number of aliphatic hydroxyl groups is 2. The lowest BCUT2D eigenvalue weighted by atomic mass is 9.93. The van der Waals surface area contributed by atoms with E-state index in [1.54, 1.807) is 13.1 Å². The van der Waals surface area contributed by atoms with Crippen molar-refractivity contribution in [2.45, 2.75) is 38.4 Å². The fourth-order valence-electron chi connectivity index (χ4n) is 2.20. The van der Waals surface area contributed by atoms with Crippen LogP contribution >= 0.6 is 0 Å². The molecule has 2 heterocycles. The zero-order valence-electron chi connectivity index (χ0n) is 10.4. The van der Waals surface area contributed by atoms with Crippen LogP contribution in [-0.2, 0) is 0 Å². The van der Waals surface area contributed by atoms with Gasteiger partial charge < -0.3 is 15.1 Å². The molecule has 2 rings (SSSR count). The topological polar surface area (TPSA) is 56.6 Å². The van der Waals surface area contributed by atoms with Crippen molar-refractivity contribution in [3.63, 3.8) is 0 Å². The summed E-state index contributed by atoms with van der Waals surface area (Å²) in [6, 6.07) is 3.74. The van der Waals surface area contributed by atoms with Crippen LogP contribution in [-0.4, -0.2) is 33.9 Å². The predicted octanol–water partition coefficient (Wildman–Crippen LogP) is 1.49. The molecule has 2 N–H and O–H groups in total. The highest BCUT2D eigenvalue weighted by Crippen LogP contribution is 2.29. The van der Waals surface area contributed by atoms with Crippen LogP contribution in [0.25, 0.3) is 0 Å². The monoisotopic (exact) mass is 236 g/mol. The molecule has 0 unspecified atom stereocenters. The molecule has 0 radical (unpaired) electrons. The maximum Gasteiger partial charge on any atom is 0.134 e. The Morgan fingerprint density at radius 2 is 2.06 bits per heavy atom. The van der Waals surface area contributed by atoms with E-state index in [1.165, 1.54) is 0 Å². The SMILES string of the molecule is C[C@H](O)c1cccnc1N1CCC(C)(O)CC1. The van der Waals surface area contributed by atoms with E-state index in [4.69, 9.17) is 0 Å². The number of hydrogen-bond donors (Lipinski definition) is 2. The number of nitrogens with zero attached hydrogens (tertiary/aromatic N) is 2. The highest BCUT2D eigenvalue weighted by atomic mass is 16.3. The van der Waals surface area contributed by atoms with Crippen LogP contribution in [0.4, 0.5) is 5.82 Å². The Morgan fingerprint density at radius 3 is 2.65 bits per heavy atom. The highest BCUT2D eigenvalue weighted by molar-refractivity contribution is 5.48. The molecule has 0 spiro atoms. The standard InChI is InChI=1S/C13H20N2O2/c1-10(16)11-4-3-7-14-12(11)15-8-5-13(2,17)6-9-15/h3-4,7,10,16-17H,5-6,8-9H2,1-2H3/t10-/m0/s1. The Bertz CT molecular complexity index is 381. The van der Waals surface area contributed by atoms with Gasteiger partial charge in [0.1, 0.15) is 5.82 Å². The lowest BCUT2D eigenvalue weighted by Crippen LogP contribution is -2.43. The van der Waals surface area contributed by atoms with Gasteiger partial charge in [-0.05, 0) is 32.8 Å². The number of aliphatic hydroxyl groups excluding tert-OH is 1. The molecular formula is C13H20N2O2. The minimum atomic E-state index is -0.559. The maximum atomic E-state index is 9.92. The molecule has 0 bridgehead atoms. The summed E-state index contributed by atoms with van der Waals surface area (Å²) in [5, 5.41) is 19.6. The molecule has 0 aromatic carbocycles. The highest BCUT2D eigenvalue weighted by Gasteiger charge is 2.29. The zero-order valence-corrected chi connectivity index (χ0v) is 10.4. The summed E-state index contributed by atoms with van der Waals surface area (Å²) in [7, 11) is 0. The van der Waals surface area contributed by atoms with Crippen LogP contribution in [0.3, 0.4) is 0 Å². The molecule has 1 aromatic rings. The van der Waals surface area contributed by atoms with E-state index in [-0.39, 0.29) is 0 Å². The summed E-state index contributed by atoms with van der Waals surface area (Å²) in [6.45, 7) is 5.19. The van der Waals surface area contributed by atoms with Gasteiger partial charge in [0.25, 0.3) is 0 Å². The van der Waals surface area contributed by atoms with Crippen molar-refractivity contribution in [2.75, 3.05) is 18.0 Å². The first kappa shape index (κ1) is 12.3. The Kier molecular flexibility index (Phi) is 3.35. The maximum absolute atomic E-state index is 9.92. The van der Waals surface area contributed by atoms with Crippen LogP contribution < -0.4 is 4.90 Å². The van der Waals surface area contributed by atoms with E-state index in [0.29, 0.717) is 0 Å². The van der Waals surface area contributed by atoms with E-state index < -0.39 is 11.7 Å². The second kappa shape index (κ2) is 4.63. The predicted molar refractivity (Wildman–Crippen MR) is 66.9 cm³/mol. The molecule has 17 heavy (non-hydrogen) atoms. The minimum Gasteiger partial charge on any atom is -0.390 e. The molecule has 1 aliphatic rings. The zero-order chi connectivity index (χ0) is 12.5. The fraction of sp³-hybridized carbons (Fsp3) is 0.615. The second-order valence-electron chi connectivity index (χ2n) is 5.08. The average Bonchev–Trinajstić information content (AvgIpc) is 2.29. The molecule has 0 saturated carbocycles. The first-order valence-corrected chi connectivity index (χ1v) is 6.10. The third kappa shape index (κ3) is 2.76. The molecule has 0 aliphatic carbocycles. The van der Waals surface area contributed by atoms with Gasteiger partial charge in [-0.2, -0.15) is 0 Å². The number of piperidine rings is 1. The molecule has 4 heteroatoms. The number of pyridine rings is 1. The smallest absolute Gasteiger partial charge is 0.134 e. The first-order valence-electron chi connectivity index (χ1n) is 6.10. The largest absolute Gasteiger partial charge is 0.390 e. The van der Waals surface area contributed by atoms with Crippen molar-refractivity contribution in [3.05, 3.63) is 23.9 Å². The molecule has 1 fully saturated rings. The van der Waals surface area contributed by atoms with Crippen molar-refractivity contribution in [1.29, 1.82) is 0 Å². The Balaban J connectivity index is 2.18. The van der Waals surface area contributed by atoms with Crippen LogP contribution in [0.2, 0.25) is 0 Å². The number of rotatable bonds is 2.